The third-order valence-electron chi connectivity index (χ3n) is 2.33. The fourth-order valence-corrected chi connectivity index (χ4v) is 1.53. The lowest BCUT2D eigenvalue weighted by Crippen LogP contribution is -2.03. The number of carboxylic acids is 1. The molecule has 0 atom stereocenters. The first-order valence-electron chi connectivity index (χ1n) is 5.27. The summed E-state index contributed by atoms with van der Waals surface area (Å²) in [4.78, 5) is 11.9. The Kier molecular flexibility index (Phi) is 3.14. The van der Waals surface area contributed by atoms with E-state index in [2.05, 4.69) is 10.2 Å². The maximum Gasteiger partial charge on any atom is 0.303 e. The lowest BCUT2D eigenvalue weighted by Gasteiger charge is -1.97. The van der Waals surface area contributed by atoms with Crippen molar-refractivity contribution in [2.75, 3.05) is 0 Å². The van der Waals surface area contributed by atoms with Crippen LogP contribution >= 0.6 is 0 Å². The van der Waals surface area contributed by atoms with Gasteiger partial charge < -0.3 is 5.11 Å². The van der Waals surface area contributed by atoms with E-state index in [0.29, 0.717) is 13.0 Å². The molecule has 0 fully saturated rings. The number of fused-ring (bicyclic) bond motifs is 1. The van der Waals surface area contributed by atoms with Crippen molar-refractivity contribution in [3.05, 3.63) is 24.3 Å². The molecular formula is C11H13N3O2. The normalized spacial score (nSPS) is 10.8. The van der Waals surface area contributed by atoms with Crippen LogP contribution in [0.1, 0.15) is 19.3 Å². The minimum atomic E-state index is -0.751. The van der Waals surface area contributed by atoms with Gasteiger partial charge in [0.2, 0.25) is 0 Å². The number of carbonyl (C=O) groups is 1. The fourth-order valence-electron chi connectivity index (χ4n) is 1.53. The molecule has 1 aromatic carbocycles. The van der Waals surface area contributed by atoms with E-state index < -0.39 is 5.97 Å². The number of benzene rings is 1. The molecule has 0 saturated heterocycles. The van der Waals surface area contributed by atoms with Crippen LogP contribution in [0.3, 0.4) is 0 Å². The van der Waals surface area contributed by atoms with E-state index in [-0.39, 0.29) is 6.42 Å². The summed E-state index contributed by atoms with van der Waals surface area (Å²) in [5.74, 6) is -0.751. The number of carboxylic acid groups (broad SMARTS) is 1. The number of hydrogen-bond donors (Lipinski definition) is 1. The maximum absolute atomic E-state index is 10.3. The van der Waals surface area contributed by atoms with Crippen molar-refractivity contribution in [1.29, 1.82) is 0 Å². The summed E-state index contributed by atoms with van der Waals surface area (Å²) in [6, 6.07) is 7.67. The van der Waals surface area contributed by atoms with Crippen LogP contribution < -0.4 is 0 Å². The van der Waals surface area contributed by atoms with Crippen LogP contribution in [0.4, 0.5) is 0 Å². The summed E-state index contributed by atoms with van der Waals surface area (Å²) >= 11 is 0. The molecule has 84 valence electrons. The summed E-state index contributed by atoms with van der Waals surface area (Å²) in [6.07, 6.45) is 1.65. The third-order valence-corrected chi connectivity index (χ3v) is 2.33. The molecule has 0 saturated carbocycles. The number of aliphatic carboxylic acids is 1. The predicted octanol–water partition coefficient (Wildman–Crippen LogP) is 1.69. The number of unbranched alkanes of at least 4 members (excludes halogenated alkanes) is 1. The highest BCUT2D eigenvalue weighted by molar-refractivity contribution is 5.72. The molecule has 1 N–H and O–H groups in total. The number of hydrogen-bond acceptors (Lipinski definition) is 3. The van der Waals surface area contributed by atoms with Gasteiger partial charge in [-0.15, -0.1) is 0 Å². The lowest BCUT2D eigenvalue weighted by atomic mass is 10.2. The minimum absolute atomic E-state index is 0.209. The molecule has 2 rings (SSSR count). The van der Waals surface area contributed by atoms with E-state index in [1.54, 1.807) is 4.80 Å². The van der Waals surface area contributed by atoms with E-state index in [4.69, 9.17) is 5.11 Å². The van der Waals surface area contributed by atoms with Crippen LogP contribution in [-0.2, 0) is 11.3 Å². The molecule has 0 radical (unpaired) electrons. The van der Waals surface area contributed by atoms with Crippen molar-refractivity contribution >= 4 is 17.0 Å². The number of nitrogens with zero attached hydrogens (tertiary/aromatic N) is 3. The van der Waals surface area contributed by atoms with Gasteiger partial charge in [0.1, 0.15) is 11.0 Å². The van der Waals surface area contributed by atoms with Gasteiger partial charge in [0, 0.05) is 6.42 Å². The van der Waals surface area contributed by atoms with Gasteiger partial charge in [-0.25, -0.2) is 0 Å². The Morgan fingerprint density at radius 3 is 2.38 bits per heavy atom. The first-order valence-corrected chi connectivity index (χ1v) is 5.27. The standard InChI is InChI=1S/C11H13N3O2/c15-11(16)7-3-4-8-14-12-9-5-1-2-6-10(9)13-14/h1-2,5-6H,3-4,7-8H2,(H,15,16). The van der Waals surface area contributed by atoms with Crippen molar-refractivity contribution in [3.8, 4) is 0 Å². The van der Waals surface area contributed by atoms with Crippen LogP contribution in [-0.4, -0.2) is 26.1 Å². The fraction of sp³-hybridized carbons (Fsp3) is 0.364. The van der Waals surface area contributed by atoms with E-state index in [0.717, 1.165) is 17.5 Å². The van der Waals surface area contributed by atoms with Gasteiger partial charge in [0.25, 0.3) is 0 Å². The van der Waals surface area contributed by atoms with Crippen LogP contribution in [0.2, 0.25) is 0 Å². The summed E-state index contributed by atoms with van der Waals surface area (Å²) in [7, 11) is 0. The molecule has 0 amide bonds. The molecule has 0 aliphatic carbocycles. The van der Waals surface area contributed by atoms with Crippen molar-refractivity contribution < 1.29 is 9.90 Å². The van der Waals surface area contributed by atoms with Gasteiger partial charge in [0.05, 0.1) is 6.54 Å². The molecule has 0 aliphatic heterocycles. The van der Waals surface area contributed by atoms with Crippen LogP contribution in [0.25, 0.3) is 11.0 Å². The van der Waals surface area contributed by atoms with Gasteiger partial charge in [-0.1, -0.05) is 12.1 Å². The molecule has 0 aliphatic rings. The zero-order chi connectivity index (χ0) is 11.4. The first kappa shape index (κ1) is 10.6. The van der Waals surface area contributed by atoms with Gasteiger partial charge in [0.15, 0.2) is 0 Å². The maximum atomic E-state index is 10.3. The first-order chi connectivity index (χ1) is 7.75. The SMILES string of the molecule is O=C(O)CCCCn1nc2ccccc2n1. The summed E-state index contributed by atoms with van der Waals surface area (Å²) in [5.41, 5.74) is 1.75. The molecule has 2 aromatic rings. The molecule has 1 aromatic heterocycles. The molecule has 0 bridgehead atoms. The quantitative estimate of drug-likeness (QED) is 0.777. The Morgan fingerprint density at radius 2 is 1.81 bits per heavy atom. The third kappa shape index (κ3) is 2.56. The van der Waals surface area contributed by atoms with Crippen molar-refractivity contribution in [2.45, 2.75) is 25.8 Å². The van der Waals surface area contributed by atoms with Crippen molar-refractivity contribution in [1.82, 2.24) is 15.0 Å². The monoisotopic (exact) mass is 219 g/mol. The summed E-state index contributed by atoms with van der Waals surface area (Å²) in [5, 5.41) is 17.1. The second-order valence-electron chi connectivity index (χ2n) is 3.64. The van der Waals surface area contributed by atoms with E-state index >= 15 is 0 Å². The van der Waals surface area contributed by atoms with Crippen molar-refractivity contribution in [3.63, 3.8) is 0 Å². The smallest absolute Gasteiger partial charge is 0.303 e. The highest BCUT2D eigenvalue weighted by atomic mass is 16.4. The molecule has 0 unspecified atom stereocenters. The average molecular weight is 219 g/mol. The van der Waals surface area contributed by atoms with E-state index in [9.17, 15) is 4.79 Å². The molecular weight excluding hydrogens is 206 g/mol. The molecule has 1 heterocycles. The van der Waals surface area contributed by atoms with Gasteiger partial charge in [-0.05, 0) is 25.0 Å². The zero-order valence-electron chi connectivity index (χ0n) is 8.83. The highest BCUT2D eigenvalue weighted by Gasteiger charge is 2.01. The van der Waals surface area contributed by atoms with Crippen molar-refractivity contribution in [2.24, 2.45) is 0 Å². The lowest BCUT2D eigenvalue weighted by molar-refractivity contribution is -0.137. The Labute approximate surface area is 92.7 Å². The second kappa shape index (κ2) is 4.74. The number of rotatable bonds is 5. The second-order valence-corrected chi connectivity index (χ2v) is 3.64. The Morgan fingerprint density at radius 1 is 1.19 bits per heavy atom. The van der Waals surface area contributed by atoms with Crippen LogP contribution in [0.5, 0.6) is 0 Å². The van der Waals surface area contributed by atoms with Crippen LogP contribution in [0, 0.1) is 0 Å². The Balaban J connectivity index is 1.92. The Bertz CT molecular complexity index is 460. The number of aryl methyl sites for hydroxylation is 1. The Hall–Kier alpha value is -1.91. The predicted molar refractivity (Wildman–Crippen MR) is 59.0 cm³/mol. The van der Waals surface area contributed by atoms with Gasteiger partial charge in [-0.2, -0.15) is 15.0 Å². The highest BCUT2D eigenvalue weighted by Crippen LogP contribution is 2.07. The molecule has 5 nitrogen and oxygen atoms in total. The molecule has 16 heavy (non-hydrogen) atoms. The zero-order valence-corrected chi connectivity index (χ0v) is 8.83. The van der Waals surface area contributed by atoms with Crippen LogP contribution in [0.15, 0.2) is 24.3 Å². The molecule has 5 heteroatoms. The topological polar surface area (TPSA) is 68.0 Å². The largest absolute Gasteiger partial charge is 0.481 e. The summed E-state index contributed by atoms with van der Waals surface area (Å²) in [6.45, 7) is 0.669. The minimum Gasteiger partial charge on any atom is -0.481 e. The van der Waals surface area contributed by atoms with Gasteiger partial charge in [-0.3, -0.25) is 4.79 Å². The van der Waals surface area contributed by atoms with E-state index in [1.165, 1.54) is 0 Å². The number of aromatic nitrogens is 3. The van der Waals surface area contributed by atoms with Gasteiger partial charge >= 0.3 is 5.97 Å². The van der Waals surface area contributed by atoms with E-state index in [1.807, 2.05) is 24.3 Å². The summed E-state index contributed by atoms with van der Waals surface area (Å²) < 4.78 is 0. The average Bonchev–Trinajstić information content (AvgIpc) is 2.66. The molecule has 0 spiro atoms.